The molecule has 0 aliphatic rings. The number of hydrogen-bond donors (Lipinski definition) is 1. The van der Waals surface area contributed by atoms with Crippen molar-refractivity contribution in [3.8, 4) is 17.2 Å². The normalized spacial score (nSPS) is 11.3. The first-order valence-electron chi connectivity index (χ1n) is 5.92. The van der Waals surface area contributed by atoms with Crippen LogP contribution in [0.4, 0.5) is 0 Å². The molecule has 0 amide bonds. The first-order valence-corrected chi connectivity index (χ1v) is 8.36. The largest absolute Gasteiger partial charge is 0.504 e. The maximum absolute atomic E-state index is 11.8. The van der Waals surface area contributed by atoms with Crippen LogP contribution in [0.25, 0.3) is 0 Å². The molecule has 1 N–H and O–H groups in total. The molecule has 0 bridgehead atoms. The zero-order chi connectivity index (χ0) is 14.8. The average molecular weight is 357 g/mol. The highest BCUT2D eigenvalue weighted by Crippen LogP contribution is 2.35. The molecule has 0 aliphatic carbocycles. The monoisotopic (exact) mass is 356 g/mol. The second-order valence-corrected chi connectivity index (χ2v) is 7.20. The van der Waals surface area contributed by atoms with Gasteiger partial charge in [-0.15, -0.1) is 0 Å². The van der Waals surface area contributed by atoms with Crippen molar-refractivity contribution >= 4 is 25.8 Å². The number of hydrogen-bond acceptors (Lipinski definition) is 4. The molecule has 4 nitrogen and oxygen atoms in total. The average Bonchev–Trinajstić information content (AvgIpc) is 2.43. The lowest BCUT2D eigenvalue weighted by molar-refractivity contribution is 0.410. The fraction of sp³-hybridized carbons (Fsp3) is 0.143. The van der Waals surface area contributed by atoms with Crippen LogP contribution in [0.15, 0.2) is 51.8 Å². The second-order valence-electron chi connectivity index (χ2n) is 4.07. The maximum Gasteiger partial charge on any atom is 0.178 e. The molecule has 0 radical (unpaired) electrons. The smallest absolute Gasteiger partial charge is 0.178 e. The number of benzene rings is 2. The van der Waals surface area contributed by atoms with Crippen LogP contribution < -0.4 is 4.74 Å². The standard InChI is InChI=1S/C14H13BrO4S/c1-2-20(17,18)10-7-8-13(11(15)9-10)19-14-6-4-3-5-12(14)16/h3-9,16H,2H2,1H3. The van der Waals surface area contributed by atoms with Gasteiger partial charge in [0.05, 0.1) is 15.1 Å². The Morgan fingerprint density at radius 3 is 2.45 bits per heavy atom. The van der Waals surface area contributed by atoms with Crippen molar-refractivity contribution in [2.75, 3.05) is 5.75 Å². The number of phenols is 1. The van der Waals surface area contributed by atoms with E-state index in [1.54, 1.807) is 31.2 Å². The Morgan fingerprint density at radius 1 is 1.15 bits per heavy atom. The predicted octanol–water partition coefficient (Wildman–Crippen LogP) is 3.74. The summed E-state index contributed by atoms with van der Waals surface area (Å²) in [5.74, 6) is 0.796. The Kier molecular flexibility index (Phi) is 4.35. The molecule has 0 saturated heterocycles. The van der Waals surface area contributed by atoms with Crippen LogP contribution in [0.3, 0.4) is 0 Å². The van der Waals surface area contributed by atoms with Gasteiger partial charge in [0.2, 0.25) is 0 Å². The van der Waals surface area contributed by atoms with Gasteiger partial charge in [0.15, 0.2) is 21.3 Å². The molecule has 0 atom stereocenters. The minimum atomic E-state index is -3.25. The van der Waals surface area contributed by atoms with E-state index in [0.29, 0.717) is 16.0 Å². The van der Waals surface area contributed by atoms with E-state index in [4.69, 9.17) is 4.74 Å². The van der Waals surface area contributed by atoms with Crippen LogP contribution in [0.1, 0.15) is 6.92 Å². The van der Waals surface area contributed by atoms with Crippen LogP contribution in [0.2, 0.25) is 0 Å². The van der Waals surface area contributed by atoms with Gasteiger partial charge in [-0.1, -0.05) is 19.1 Å². The molecule has 6 heteroatoms. The summed E-state index contributed by atoms with van der Waals surface area (Å²) in [6, 6.07) is 11.1. The number of ether oxygens (including phenoxy) is 1. The van der Waals surface area contributed by atoms with Gasteiger partial charge in [-0.25, -0.2) is 8.42 Å². The molecule has 0 saturated carbocycles. The van der Waals surface area contributed by atoms with Gasteiger partial charge in [0.1, 0.15) is 5.75 Å². The van der Waals surface area contributed by atoms with E-state index >= 15 is 0 Å². The molecule has 0 spiro atoms. The maximum atomic E-state index is 11.8. The lowest BCUT2D eigenvalue weighted by Crippen LogP contribution is -2.03. The molecule has 0 unspecified atom stereocenters. The lowest BCUT2D eigenvalue weighted by Gasteiger charge is -2.10. The van der Waals surface area contributed by atoms with Crippen molar-refractivity contribution in [1.29, 1.82) is 0 Å². The molecule has 2 aromatic carbocycles. The second kappa shape index (κ2) is 5.85. The molecule has 106 valence electrons. The van der Waals surface area contributed by atoms with Crippen LogP contribution in [-0.4, -0.2) is 19.3 Å². The van der Waals surface area contributed by atoms with Crippen molar-refractivity contribution in [3.05, 3.63) is 46.9 Å². The summed E-state index contributed by atoms with van der Waals surface area (Å²) in [7, 11) is -3.25. The molecular formula is C14H13BrO4S. The molecule has 2 aromatic rings. The minimum absolute atomic E-state index is 0.0182. The summed E-state index contributed by atoms with van der Waals surface area (Å²) < 4.78 is 29.6. The van der Waals surface area contributed by atoms with Gasteiger partial charge >= 0.3 is 0 Å². The topological polar surface area (TPSA) is 63.6 Å². The van der Waals surface area contributed by atoms with Crippen LogP contribution in [0, 0.1) is 0 Å². The van der Waals surface area contributed by atoms with Gasteiger partial charge in [-0.2, -0.15) is 0 Å². The number of phenolic OH excluding ortho intramolecular Hbond substituents is 1. The summed E-state index contributed by atoms with van der Waals surface area (Å²) in [4.78, 5) is 0.233. The molecule has 20 heavy (non-hydrogen) atoms. The van der Waals surface area contributed by atoms with E-state index in [1.165, 1.54) is 18.2 Å². The van der Waals surface area contributed by atoms with Crippen molar-refractivity contribution in [3.63, 3.8) is 0 Å². The van der Waals surface area contributed by atoms with Crippen LogP contribution >= 0.6 is 15.9 Å². The Bertz CT molecular complexity index is 726. The first kappa shape index (κ1) is 14.9. The number of aromatic hydroxyl groups is 1. The number of sulfone groups is 1. The quantitative estimate of drug-likeness (QED) is 0.906. The van der Waals surface area contributed by atoms with Gasteiger partial charge in [-0.05, 0) is 46.3 Å². The Hall–Kier alpha value is -1.53. The number of rotatable bonds is 4. The van der Waals surface area contributed by atoms with E-state index in [0.717, 1.165) is 0 Å². The zero-order valence-electron chi connectivity index (χ0n) is 10.7. The zero-order valence-corrected chi connectivity index (χ0v) is 13.1. The van der Waals surface area contributed by atoms with Crippen molar-refractivity contribution < 1.29 is 18.3 Å². The summed E-state index contributed by atoms with van der Waals surface area (Å²) in [5, 5.41) is 9.65. The summed E-state index contributed by atoms with van der Waals surface area (Å²) in [6.45, 7) is 1.59. The number of para-hydroxylation sites is 2. The van der Waals surface area contributed by atoms with E-state index in [-0.39, 0.29) is 16.4 Å². The van der Waals surface area contributed by atoms with Gasteiger partial charge in [0.25, 0.3) is 0 Å². The Labute approximate surface area is 126 Å². The van der Waals surface area contributed by atoms with E-state index in [9.17, 15) is 13.5 Å². The molecule has 0 heterocycles. The summed E-state index contributed by atoms with van der Waals surface area (Å²) in [6.07, 6.45) is 0. The third kappa shape index (κ3) is 3.13. The molecule has 0 fully saturated rings. The molecule has 2 rings (SSSR count). The fourth-order valence-corrected chi connectivity index (χ4v) is 3.10. The van der Waals surface area contributed by atoms with Crippen molar-refractivity contribution in [2.24, 2.45) is 0 Å². The Balaban J connectivity index is 2.34. The van der Waals surface area contributed by atoms with Crippen LogP contribution in [-0.2, 0) is 9.84 Å². The predicted molar refractivity (Wildman–Crippen MR) is 80.0 cm³/mol. The number of halogens is 1. The van der Waals surface area contributed by atoms with Crippen LogP contribution in [0.5, 0.6) is 17.2 Å². The summed E-state index contributed by atoms with van der Waals surface area (Å²) >= 11 is 3.28. The van der Waals surface area contributed by atoms with Gasteiger partial charge in [0, 0.05) is 0 Å². The molecule has 0 aromatic heterocycles. The van der Waals surface area contributed by atoms with Crippen molar-refractivity contribution in [2.45, 2.75) is 11.8 Å². The Morgan fingerprint density at radius 2 is 1.85 bits per heavy atom. The van der Waals surface area contributed by atoms with E-state index < -0.39 is 9.84 Å². The first-order chi connectivity index (χ1) is 9.44. The highest BCUT2D eigenvalue weighted by molar-refractivity contribution is 9.10. The van der Waals surface area contributed by atoms with Gasteiger partial charge in [-0.3, -0.25) is 0 Å². The van der Waals surface area contributed by atoms with Crippen molar-refractivity contribution in [1.82, 2.24) is 0 Å². The molecular weight excluding hydrogens is 344 g/mol. The van der Waals surface area contributed by atoms with Gasteiger partial charge < -0.3 is 9.84 Å². The minimum Gasteiger partial charge on any atom is -0.504 e. The fourth-order valence-electron chi connectivity index (χ4n) is 1.59. The third-order valence-electron chi connectivity index (χ3n) is 2.73. The molecule has 0 aliphatic heterocycles. The SMILES string of the molecule is CCS(=O)(=O)c1ccc(Oc2ccccc2O)c(Br)c1. The summed E-state index contributed by atoms with van der Waals surface area (Å²) in [5.41, 5.74) is 0. The lowest BCUT2D eigenvalue weighted by atomic mass is 10.3. The highest BCUT2D eigenvalue weighted by Gasteiger charge is 2.14. The highest BCUT2D eigenvalue weighted by atomic mass is 79.9. The van der Waals surface area contributed by atoms with E-state index in [1.807, 2.05) is 0 Å². The van der Waals surface area contributed by atoms with E-state index in [2.05, 4.69) is 15.9 Å². The third-order valence-corrected chi connectivity index (χ3v) is 5.08.